The SMILES string of the molecule is O=C(C1=NO[C@@H]2[C@@H]3CCCC[C@@H]3[C@H]12)c1ccccc1. The van der Waals surface area contributed by atoms with Crippen LogP contribution in [0.1, 0.15) is 36.0 Å². The van der Waals surface area contributed by atoms with Crippen LogP contribution in [0, 0.1) is 17.8 Å². The molecule has 0 N–H and O–H groups in total. The zero-order valence-corrected chi connectivity index (χ0v) is 10.8. The second-order valence-electron chi connectivity index (χ2n) is 5.88. The molecule has 0 saturated heterocycles. The Morgan fingerprint density at radius 1 is 1.11 bits per heavy atom. The van der Waals surface area contributed by atoms with Crippen LogP contribution < -0.4 is 0 Å². The number of ketones is 1. The van der Waals surface area contributed by atoms with Gasteiger partial charge in [0.05, 0.1) is 5.92 Å². The average Bonchev–Trinajstić information content (AvgIpc) is 2.84. The third-order valence-corrected chi connectivity index (χ3v) is 4.97. The molecule has 98 valence electrons. The van der Waals surface area contributed by atoms with Crippen molar-refractivity contribution < 1.29 is 9.63 Å². The summed E-state index contributed by atoms with van der Waals surface area (Å²) in [5.74, 6) is 1.59. The van der Waals surface area contributed by atoms with Gasteiger partial charge >= 0.3 is 0 Å². The molecule has 3 nitrogen and oxygen atoms in total. The van der Waals surface area contributed by atoms with Gasteiger partial charge in [-0.3, -0.25) is 4.79 Å². The summed E-state index contributed by atoms with van der Waals surface area (Å²) in [4.78, 5) is 18.0. The lowest BCUT2D eigenvalue weighted by molar-refractivity contribution is -0.108. The van der Waals surface area contributed by atoms with Gasteiger partial charge in [-0.15, -0.1) is 0 Å². The van der Waals surface area contributed by atoms with Crippen LogP contribution in [0.2, 0.25) is 0 Å². The predicted molar refractivity (Wildman–Crippen MR) is 72.0 cm³/mol. The minimum Gasteiger partial charge on any atom is -0.391 e. The van der Waals surface area contributed by atoms with E-state index in [1.165, 1.54) is 25.7 Å². The zero-order chi connectivity index (χ0) is 12.8. The Morgan fingerprint density at radius 3 is 2.63 bits per heavy atom. The van der Waals surface area contributed by atoms with E-state index in [1.54, 1.807) is 0 Å². The van der Waals surface area contributed by atoms with Crippen LogP contribution >= 0.6 is 0 Å². The molecule has 1 aliphatic heterocycles. The molecule has 1 aromatic rings. The van der Waals surface area contributed by atoms with Gasteiger partial charge in [0.15, 0.2) is 0 Å². The van der Waals surface area contributed by atoms with Gasteiger partial charge in [0.25, 0.3) is 0 Å². The van der Waals surface area contributed by atoms with E-state index < -0.39 is 0 Å². The molecule has 0 bridgehead atoms. The second kappa shape index (κ2) is 4.19. The number of nitrogens with zero attached hydrogens (tertiary/aromatic N) is 1. The van der Waals surface area contributed by atoms with E-state index >= 15 is 0 Å². The van der Waals surface area contributed by atoms with E-state index in [0.29, 0.717) is 17.5 Å². The van der Waals surface area contributed by atoms with Crippen molar-refractivity contribution in [1.82, 2.24) is 0 Å². The number of benzene rings is 1. The summed E-state index contributed by atoms with van der Waals surface area (Å²) < 4.78 is 0. The molecule has 0 spiro atoms. The Hall–Kier alpha value is -1.64. The first-order valence-corrected chi connectivity index (χ1v) is 7.20. The van der Waals surface area contributed by atoms with Crippen LogP contribution in [0.25, 0.3) is 0 Å². The minimum atomic E-state index is 0.0529. The number of fused-ring (bicyclic) bond motifs is 4. The van der Waals surface area contributed by atoms with Crippen molar-refractivity contribution in [3.05, 3.63) is 35.9 Å². The van der Waals surface area contributed by atoms with Crippen LogP contribution in [-0.4, -0.2) is 17.6 Å². The maximum absolute atomic E-state index is 12.5. The highest BCUT2D eigenvalue weighted by Crippen LogP contribution is 2.54. The van der Waals surface area contributed by atoms with Gasteiger partial charge in [0, 0.05) is 11.5 Å². The second-order valence-corrected chi connectivity index (χ2v) is 5.88. The summed E-state index contributed by atoms with van der Waals surface area (Å²) in [6, 6.07) is 9.42. The summed E-state index contributed by atoms with van der Waals surface area (Å²) in [5.41, 5.74) is 1.39. The molecule has 1 aromatic carbocycles. The van der Waals surface area contributed by atoms with Crippen molar-refractivity contribution in [3.63, 3.8) is 0 Å². The Kier molecular flexibility index (Phi) is 2.47. The molecule has 4 rings (SSSR count). The fraction of sp³-hybridized carbons (Fsp3) is 0.500. The molecule has 2 saturated carbocycles. The normalized spacial score (nSPS) is 35.5. The molecule has 0 aromatic heterocycles. The van der Waals surface area contributed by atoms with Crippen molar-refractivity contribution in [2.24, 2.45) is 22.9 Å². The molecule has 1 heterocycles. The third-order valence-electron chi connectivity index (χ3n) is 4.97. The molecular weight excluding hydrogens is 238 g/mol. The summed E-state index contributed by atoms with van der Waals surface area (Å²) in [6.45, 7) is 0. The number of Topliss-reactive ketones (excluding diaryl/α,β-unsaturated/α-hetero) is 1. The molecule has 0 unspecified atom stereocenters. The number of hydrogen-bond acceptors (Lipinski definition) is 3. The van der Waals surface area contributed by atoms with Gasteiger partial charge in [-0.2, -0.15) is 0 Å². The number of carbonyl (C=O) groups is 1. The summed E-state index contributed by atoms with van der Waals surface area (Å²) >= 11 is 0. The Morgan fingerprint density at radius 2 is 1.84 bits per heavy atom. The first kappa shape index (κ1) is 11.2. The smallest absolute Gasteiger partial charge is 0.211 e. The molecule has 3 heteroatoms. The fourth-order valence-corrected chi connectivity index (χ4v) is 4.02. The van der Waals surface area contributed by atoms with Crippen molar-refractivity contribution in [2.75, 3.05) is 0 Å². The fourth-order valence-electron chi connectivity index (χ4n) is 4.02. The highest BCUT2D eigenvalue weighted by molar-refractivity contribution is 6.47. The largest absolute Gasteiger partial charge is 0.391 e. The summed E-state index contributed by atoms with van der Waals surface area (Å²) in [5, 5.41) is 4.13. The van der Waals surface area contributed by atoms with Crippen LogP contribution in [0.3, 0.4) is 0 Å². The van der Waals surface area contributed by atoms with Gasteiger partial charge in [-0.1, -0.05) is 48.3 Å². The molecule has 2 fully saturated rings. The number of rotatable bonds is 2. The Bertz CT molecular complexity index is 537. The van der Waals surface area contributed by atoms with Gasteiger partial charge in [0.2, 0.25) is 5.78 Å². The van der Waals surface area contributed by atoms with Gasteiger partial charge < -0.3 is 4.84 Å². The topological polar surface area (TPSA) is 38.7 Å². The number of oxime groups is 1. The maximum Gasteiger partial charge on any atom is 0.211 e. The lowest BCUT2D eigenvalue weighted by atomic mass is 9.55. The van der Waals surface area contributed by atoms with Crippen molar-refractivity contribution in [1.29, 1.82) is 0 Å². The first-order valence-electron chi connectivity index (χ1n) is 7.20. The molecule has 0 amide bonds. The van der Waals surface area contributed by atoms with Crippen LogP contribution in [0.5, 0.6) is 0 Å². The highest BCUT2D eigenvalue weighted by atomic mass is 16.6. The van der Waals surface area contributed by atoms with Gasteiger partial charge in [0.1, 0.15) is 11.8 Å². The minimum absolute atomic E-state index is 0.0529. The zero-order valence-electron chi connectivity index (χ0n) is 10.8. The lowest BCUT2D eigenvalue weighted by Gasteiger charge is -2.49. The molecule has 0 radical (unpaired) electrons. The standard InChI is InChI=1S/C16H17NO2/c18-15(10-6-2-1-3-7-10)14-13-11-8-4-5-9-12(11)16(13)19-17-14/h1-3,6-7,11-13,16H,4-5,8-9H2/t11-,12+,13+,16+/m0/s1. The monoisotopic (exact) mass is 255 g/mol. The van der Waals surface area contributed by atoms with E-state index in [4.69, 9.17) is 4.84 Å². The molecule has 19 heavy (non-hydrogen) atoms. The van der Waals surface area contributed by atoms with Crippen molar-refractivity contribution in [3.8, 4) is 0 Å². The molecule has 3 aliphatic rings. The van der Waals surface area contributed by atoms with Crippen molar-refractivity contribution >= 4 is 11.5 Å². The van der Waals surface area contributed by atoms with Crippen molar-refractivity contribution in [2.45, 2.75) is 31.8 Å². The van der Waals surface area contributed by atoms with Crippen LogP contribution in [-0.2, 0) is 4.84 Å². The molecule has 4 atom stereocenters. The quantitative estimate of drug-likeness (QED) is 0.762. The molecule has 2 aliphatic carbocycles. The third kappa shape index (κ3) is 1.57. The predicted octanol–water partition coefficient (Wildman–Crippen LogP) is 3.06. The maximum atomic E-state index is 12.5. The van der Waals surface area contributed by atoms with E-state index in [9.17, 15) is 4.79 Å². The van der Waals surface area contributed by atoms with Crippen LogP contribution in [0.4, 0.5) is 0 Å². The Labute approximate surface area is 112 Å². The van der Waals surface area contributed by atoms with E-state index in [1.807, 2.05) is 30.3 Å². The highest BCUT2D eigenvalue weighted by Gasteiger charge is 2.59. The van der Waals surface area contributed by atoms with E-state index in [2.05, 4.69) is 5.16 Å². The summed E-state index contributed by atoms with van der Waals surface area (Å²) in [7, 11) is 0. The van der Waals surface area contributed by atoms with E-state index in [-0.39, 0.29) is 17.8 Å². The average molecular weight is 255 g/mol. The summed E-state index contributed by atoms with van der Waals surface area (Å²) in [6.07, 6.45) is 5.25. The van der Waals surface area contributed by atoms with Gasteiger partial charge in [-0.25, -0.2) is 0 Å². The number of hydrogen-bond donors (Lipinski definition) is 0. The lowest BCUT2D eigenvalue weighted by Crippen LogP contribution is -2.54. The first-order chi connectivity index (χ1) is 9.36. The number of carbonyl (C=O) groups excluding carboxylic acids is 1. The van der Waals surface area contributed by atoms with Gasteiger partial charge in [-0.05, 0) is 18.8 Å². The van der Waals surface area contributed by atoms with E-state index in [0.717, 1.165) is 5.56 Å². The van der Waals surface area contributed by atoms with Crippen LogP contribution in [0.15, 0.2) is 35.5 Å². The molecular formula is C16H17NO2. The Balaban J connectivity index is 1.59.